The molecule has 1 saturated heterocycles. The molecule has 4 rings (SSSR count). The fraction of sp³-hybridized carbons (Fsp3) is 0.355. The lowest BCUT2D eigenvalue weighted by Gasteiger charge is -2.23. The van der Waals surface area contributed by atoms with E-state index < -0.39 is 12.2 Å². The Hall–Kier alpha value is -4.00. The number of esters is 1. The van der Waals surface area contributed by atoms with Crippen LogP contribution in [0.5, 0.6) is 11.5 Å². The second kappa shape index (κ2) is 13.5. The highest BCUT2D eigenvalue weighted by Crippen LogP contribution is 2.26. The molecule has 2 atom stereocenters. The van der Waals surface area contributed by atoms with Gasteiger partial charge in [-0.3, -0.25) is 0 Å². The van der Waals surface area contributed by atoms with Crippen LogP contribution in [0.1, 0.15) is 41.3 Å². The van der Waals surface area contributed by atoms with Gasteiger partial charge in [0.15, 0.2) is 0 Å². The number of hydrogen-bond donors (Lipinski definition) is 0. The van der Waals surface area contributed by atoms with E-state index in [0.29, 0.717) is 31.6 Å². The van der Waals surface area contributed by atoms with E-state index in [2.05, 4.69) is 18.2 Å². The highest BCUT2D eigenvalue weighted by molar-refractivity contribution is 5.89. The monoisotopic (exact) mass is 517 g/mol. The summed E-state index contributed by atoms with van der Waals surface area (Å²) >= 11 is 0. The second-order valence-electron chi connectivity index (χ2n) is 9.23. The zero-order valence-corrected chi connectivity index (χ0v) is 22.0. The SMILES string of the molecule is CCOC(=O)N1C[C@@H](OC(=O)c2ccccc2)C[C@@H]1CCOc1ccccc1CCc1cccc(OC)c1. The average Bonchev–Trinajstić information content (AvgIpc) is 3.35. The fourth-order valence-electron chi connectivity index (χ4n) is 4.72. The van der Waals surface area contributed by atoms with Crippen molar-refractivity contribution in [2.45, 2.75) is 44.8 Å². The van der Waals surface area contributed by atoms with Crippen LogP contribution in [0.15, 0.2) is 78.9 Å². The molecule has 0 bridgehead atoms. The van der Waals surface area contributed by atoms with Crippen LogP contribution in [0, 0.1) is 0 Å². The Kier molecular flexibility index (Phi) is 9.62. The smallest absolute Gasteiger partial charge is 0.410 e. The van der Waals surface area contributed by atoms with Crippen molar-refractivity contribution in [3.8, 4) is 11.5 Å². The van der Waals surface area contributed by atoms with Gasteiger partial charge < -0.3 is 23.8 Å². The fourth-order valence-corrected chi connectivity index (χ4v) is 4.72. The number of hydrogen-bond acceptors (Lipinski definition) is 6. The van der Waals surface area contributed by atoms with Gasteiger partial charge in [0, 0.05) is 18.9 Å². The minimum atomic E-state index is -0.396. The van der Waals surface area contributed by atoms with Crippen molar-refractivity contribution in [3.05, 3.63) is 95.6 Å². The number of amides is 1. The summed E-state index contributed by atoms with van der Waals surface area (Å²) in [5.41, 5.74) is 2.82. The van der Waals surface area contributed by atoms with Crippen molar-refractivity contribution in [1.82, 2.24) is 4.90 Å². The van der Waals surface area contributed by atoms with Crippen molar-refractivity contribution in [3.63, 3.8) is 0 Å². The third-order valence-corrected chi connectivity index (χ3v) is 6.66. The maximum Gasteiger partial charge on any atom is 0.410 e. The Labute approximate surface area is 224 Å². The van der Waals surface area contributed by atoms with E-state index in [-0.39, 0.29) is 18.6 Å². The minimum absolute atomic E-state index is 0.147. The Morgan fingerprint density at radius 3 is 2.53 bits per heavy atom. The molecule has 7 heteroatoms. The van der Waals surface area contributed by atoms with Crippen molar-refractivity contribution in [1.29, 1.82) is 0 Å². The summed E-state index contributed by atoms with van der Waals surface area (Å²) in [4.78, 5) is 26.8. The molecule has 0 N–H and O–H groups in total. The Balaban J connectivity index is 1.34. The number of nitrogens with zero attached hydrogens (tertiary/aromatic N) is 1. The van der Waals surface area contributed by atoms with Gasteiger partial charge in [0.05, 0.1) is 32.4 Å². The normalized spacial score (nSPS) is 16.6. The van der Waals surface area contributed by atoms with E-state index in [9.17, 15) is 9.59 Å². The Morgan fingerprint density at radius 2 is 1.74 bits per heavy atom. The summed E-state index contributed by atoms with van der Waals surface area (Å²) in [7, 11) is 1.67. The van der Waals surface area contributed by atoms with E-state index in [4.69, 9.17) is 18.9 Å². The average molecular weight is 518 g/mol. The lowest BCUT2D eigenvalue weighted by Crippen LogP contribution is -2.37. The van der Waals surface area contributed by atoms with E-state index in [1.54, 1.807) is 43.2 Å². The van der Waals surface area contributed by atoms with Crippen LogP contribution < -0.4 is 9.47 Å². The van der Waals surface area contributed by atoms with Crippen LogP contribution in [0.2, 0.25) is 0 Å². The first-order valence-corrected chi connectivity index (χ1v) is 13.1. The van der Waals surface area contributed by atoms with Crippen molar-refractivity contribution >= 4 is 12.1 Å². The molecule has 1 amide bonds. The number of carbonyl (C=O) groups is 2. The molecule has 7 nitrogen and oxygen atoms in total. The minimum Gasteiger partial charge on any atom is -0.497 e. The highest BCUT2D eigenvalue weighted by Gasteiger charge is 2.38. The van der Waals surface area contributed by atoms with E-state index >= 15 is 0 Å². The van der Waals surface area contributed by atoms with Crippen LogP contribution >= 0.6 is 0 Å². The van der Waals surface area contributed by atoms with Crippen LogP contribution in [-0.4, -0.2) is 56.0 Å². The number of benzene rings is 3. The second-order valence-corrected chi connectivity index (χ2v) is 9.23. The predicted molar refractivity (Wildman–Crippen MR) is 145 cm³/mol. The maximum absolute atomic E-state index is 12.6. The quantitative estimate of drug-likeness (QED) is 0.304. The number of likely N-dealkylation sites (tertiary alicyclic amines) is 1. The molecule has 200 valence electrons. The number of aryl methyl sites for hydroxylation is 2. The molecule has 1 aliphatic heterocycles. The molecule has 0 spiro atoms. The zero-order valence-electron chi connectivity index (χ0n) is 22.0. The van der Waals surface area contributed by atoms with Gasteiger partial charge in [-0.25, -0.2) is 9.59 Å². The van der Waals surface area contributed by atoms with Crippen molar-refractivity contribution in [2.24, 2.45) is 0 Å². The van der Waals surface area contributed by atoms with Gasteiger partial charge in [-0.05, 0) is 61.2 Å². The largest absolute Gasteiger partial charge is 0.497 e. The van der Waals surface area contributed by atoms with Gasteiger partial charge >= 0.3 is 12.1 Å². The summed E-state index contributed by atoms with van der Waals surface area (Å²) in [5.74, 6) is 1.30. The number of rotatable bonds is 11. The van der Waals surface area contributed by atoms with Crippen LogP contribution in [0.4, 0.5) is 4.79 Å². The maximum atomic E-state index is 12.6. The van der Waals surface area contributed by atoms with Crippen molar-refractivity contribution < 1.29 is 28.5 Å². The molecule has 1 fully saturated rings. The third-order valence-electron chi connectivity index (χ3n) is 6.66. The molecule has 3 aromatic rings. The number of para-hydroxylation sites is 1. The topological polar surface area (TPSA) is 74.3 Å². The summed E-state index contributed by atoms with van der Waals surface area (Å²) in [5, 5.41) is 0. The van der Waals surface area contributed by atoms with Crippen LogP contribution in [0.25, 0.3) is 0 Å². The Morgan fingerprint density at radius 1 is 0.947 bits per heavy atom. The Bertz CT molecular complexity index is 1200. The van der Waals surface area contributed by atoms with Gasteiger partial charge in [0.2, 0.25) is 0 Å². The van der Waals surface area contributed by atoms with E-state index in [0.717, 1.165) is 29.9 Å². The summed E-state index contributed by atoms with van der Waals surface area (Å²) in [6.07, 6.45) is 2.05. The molecule has 38 heavy (non-hydrogen) atoms. The standard InChI is InChI=1S/C31H35NO6/c1-3-36-31(34)32-22-28(38-30(33)25-12-5-4-6-13-25)21-26(32)18-19-37-29-15-8-7-11-24(29)17-16-23-10-9-14-27(20-23)35-2/h4-15,20,26,28H,3,16-19,21-22H2,1-2H3/t26-,28-/m0/s1. The molecule has 0 unspecified atom stereocenters. The lowest BCUT2D eigenvalue weighted by molar-refractivity contribution is 0.0315. The van der Waals surface area contributed by atoms with Gasteiger partial charge in [-0.2, -0.15) is 0 Å². The van der Waals surface area contributed by atoms with Crippen LogP contribution in [-0.2, 0) is 22.3 Å². The van der Waals surface area contributed by atoms with Crippen LogP contribution in [0.3, 0.4) is 0 Å². The predicted octanol–water partition coefficient (Wildman–Crippen LogP) is 5.71. The number of ether oxygens (including phenoxy) is 4. The molecule has 0 aliphatic carbocycles. The first-order valence-electron chi connectivity index (χ1n) is 13.1. The van der Waals surface area contributed by atoms with E-state index in [1.807, 2.05) is 36.4 Å². The van der Waals surface area contributed by atoms with Crippen molar-refractivity contribution in [2.75, 3.05) is 26.9 Å². The molecule has 0 saturated carbocycles. The molecule has 1 aliphatic rings. The zero-order chi connectivity index (χ0) is 26.7. The number of carbonyl (C=O) groups excluding carboxylic acids is 2. The molecular formula is C31H35NO6. The summed E-state index contributed by atoms with van der Waals surface area (Å²) in [6, 6.07) is 24.8. The van der Waals surface area contributed by atoms with Gasteiger partial charge in [0.25, 0.3) is 0 Å². The lowest BCUT2D eigenvalue weighted by atomic mass is 10.0. The molecule has 0 radical (unpaired) electrons. The van der Waals surface area contributed by atoms with Gasteiger partial charge in [0.1, 0.15) is 17.6 Å². The third kappa shape index (κ3) is 7.28. The van der Waals surface area contributed by atoms with Gasteiger partial charge in [-0.15, -0.1) is 0 Å². The highest BCUT2D eigenvalue weighted by atomic mass is 16.6. The first kappa shape index (κ1) is 27.0. The molecule has 0 aromatic heterocycles. The summed E-state index contributed by atoms with van der Waals surface area (Å²) in [6.45, 7) is 2.80. The molecule has 1 heterocycles. The van der Waals surface area contributed by atoms with E-state index in [1.165, 1.54) is 5.56 Å². The van der Waals surface area contributed by atoms with Gasteiger partial charge in [-0.1, -0.05) is 48.5 Å². The first-order chi connectivity index (χ1) is 18.6. The molecule has 3 aromatic carbocycles. The molecular weight excluding hydrogens is 482 g/mol. The summed E-state index contributed by atoms with van der Waals surface area (Å²) < 4.78 is 22.5. The number of methoxy groups -OCH3 is 1.